The second-order valence-electron chi connectivity index (χ2n) is 12.7. The highest BCUT2D eigenvalue weighted by molar-refractivity contribution is 5.53. The maximum atomic E-state index is 12.8. The largest absolute Gasteiger partial charge is 0.573 e. The van der Waals surface area contributed by atoms with Crippen LogP contribution in [-0.4, -0.2) is 41.0 Å². The molecule has 5 aliphatic rings. The van der Waals surface area contributed by atoms with Crippen molar-refractivity contribution >= 4 is 11.8 Å². The molecule has 5 aliphatic carbocycles. The zero-order chi connectivity index (χ0) is 28.6. The Balaban J connectivity index is 1.10. The van der Waals surface area contributed by atoms with Gasteiger partial charge in [-0.25, -0.2) is 4.98 Å². The molecule has 7 rings (SSSR count). The van der Waals surface area contributed by atoms with Crippen molar-refractivity contribution in [1.29, 1.82) is 5.26 Å². The first-order valence-corrected chi connectivity index (χ1v) is 14.8. The molecule has 1 aromatic carbocycles. The second kappa shape index (κ2) is 11.3. The van der Waals surface area contributed by atoms with Crippen LogP contribution in [0.5, 0.6) is 5.75 Å². The van der Waals surface area contributed by atoms with Crippen LogP contribution in [0.2, 0.25) is 0 Å². The van der Waals surface area contributed by atoms with Crippen molar-refractivity contribution in [2.24, 2.45) is 28.9 Å². The maximum Gasteiger partial charge on any atom is 0.573 e. The number of rotatable bonds is 9. The molecule has 0 aliphatic heterocycles. The lowest BCUT2D eigenvalue weighted by Crippen LogP contribution is -2.61. The fourth-order valence-corrected chi connectivity index (χ4v) is 8.24. The van der Waals surface area contributed by atoms with Gasteiger partial charge in [-0.3, -0.25) is 0 Å². The number of hydrogen-bond acceptors (Lipinski definition) is 8. The molecule has 0 radical (unpaired) electrons. The van der Waals surface area contributed by atoms with E-state index in [4.69, 9.17) is 5.73 Å². The summed E-state index contributed by atoms with van der Waals surface area (Å²) in [4.78, 5) is 8.75. The number of halogens is 3. The van der Waals surface area contributed by atoms with Gasteiger partial charge in [0.1, 0.15) is 23.2 Å². The van der Waals surface area contributed by atoms with Crippen molar-refractivity contribution in [3.63, 3.8) is 0 Å². The Morgan fingerprint density at radius 3 is 2.49 bits per heavy atom. The molecule has 11 heteroatoms. The molecule has 1 heterocycles. The van der Waals surface area contributed by atoms with Crippen LogP contribution in [0.3, 0.4) is 0 Å². The van der Waals surface area contributed by atoms with Crippen molar-refractivity contribution in [3.8, 4) is 11.8 Å². The van der Waals surface area contributed by atoms with Crippen LogP contribution in [0.25, 0.3) is 0 Å². The molecule has 5 N–H and O–H groups in total. The van der Waals surface area contributed by atoms with Gasteiger partial charge < -0.3 is 26.4 Å². The number of nitrogens with one attached hydrogen (secondary N) is 3. The van der Waals surface area contributed by atoms with Crippen LogP contribution in [0.1, 0.15) is 68.9 Å². The van der Waals surface area contributed by atoms with Crippen LogP contribution in [-0.2, 0) is 6.54 Å². The Morgan fingerprint density at radius 1 is 1.05 bits per heavy atom. The standard InChI is InChI=1S/C30H38F3N7O/c31-30(32,33)41-25-4-2-1-3-19(25)15-36-28-37-16-22(14-34)27(40-28)38-17-29-11-18-9-20(12-29)26(21(10-18)13-29)39-24-7-5-23(35)6-8-24/h1-4,16,18,20-21,23-24,26,39H,5-13,15,17,35H2,(H2,36,37,38,40)/t18?,20-,21+,23-,24+,26-,29-. The van der Waals surface area contributed by atoms with Gasteiger partial charge in [-0.05, 0) is 87.0 Å². The average molecular weight is 570 g/mol. The number of benzene rings is 1. The van der Waals surface area contributed by atoms with Crippen LogP contribution in [0.4, 0.5) is 24.9 Å². The Morgan fingerprint density at radius 2 is 1.78 bits per heavy atom. The predicted octanol–water partition coefficient (Wildman–Crippen LogP) is 5.33. The van der Waals surface area contributed by atoms with E-state index in [1.807, 2.05) is 0 Å². The normalized spacial score (nSPS) is 32.4. The van der Waals surface area contributed by atoms with Crippen molar-refractivity contribution in [2.75, 3.05) is 17.2 Å². The Kier molecular flexibility index (Phi) is 7.72. The SMILES string of the molecule is N#Cc1cnc(NCc2ccccc2OC(F)(F)F)nc1NC[C@]12CC3C[C@H](C1)[C@@H](N[C@H]1CC[C@@H](N)CC1)[C@@H](C3)C2. The van der Waals surface area contributed by atoms with Gasteiger partial charge in [0.2, 0.25) is 5.95 Å². The highest BCUT2D eigenvalue weighted by Gasteiger charge is 2.55. The van der Waals surface area contributed by atoms with Crippen LogP contribution >= 0.6 is 0 Å². The third-order valence-corrected chi connectivity index (χ3v) is 9.78. The van der Waals surface area contributed by atoms with E-state index in [1.54, 1.807) is 12.1 Å². The van der Waals surface area contributed by atoms with Crippen LogP contribution in [0.15, 0.2) is 30.5 Å². The highest BCUT2D eigenvalue weighted by atomic mass is 19.4. The van der Waals surface area contributed by atoms with Crippen molar-refractivity contribution in [2.45, 2.75) is 88.8 Å². The first-order valence-electron chi connectivity index (χ1n) is 14.8. The summed E-state index contributed by atoms with van der Waals surface area (Å²) in [5, 5.41) is 20.2. The fourth-order valence-electron chi connectivity index (χ4n) is 8.24. The molecule has 5 saturated carbocycles. The van der Waals surface area contributed by atoms with Gasteiger partial charge in [-0.15, -0.1) is 13.2 Å². The third-order valence-electron chi connectivity index (χ3n) is 9.78. The molecule has 1 unspecified atom stereocenters. The average Bonchev–Trinajstić information content (AvgIpc) is 2.93. The Labute approximate surface area is 238 Å². The molecule has 8 nitrogen and oxygen atoms in total. The molecule has 2 aromatic rings. The lowest BCUT2D eigenvalue weighted by molar-refractivity contribution is -0.274. The van der Waals surface area contributed by atoms with E-state index < -0.39 is 6.36 Å². The van der Waals surface area contributed by atoms with Crippen molar-refractivity contribution in [3.05, 3.63) is 41.6 Å². The molecule has 1 aromatic heterocycles. The predicted molar refractivity (Wildman–Crippen MR) is 149 cm³/mol. The van der Waals surface area contributed by atoms with Gasteiger partial charge in [-0.2, -0.15) is 10.2 Å². The minimum absolute atomic E-state index is 0.0356. The molecule has 5 atom stereocenters. The number of alkyl halides is 3. The minimum atomic E-state index is -4.78. The minimum Gasteiger partial charge on any atom is -0.405 e. The van der Waals surface area contributed by atoms with Gasteiger partial charge in [0.05, 0.1) is 6.20 Å². The number of para-hydroxylation sites is 1. The molecule has 5 fully saturated rings. The van der Waals surface area contributed by atoms with E-state index >= 15 is 0 Å². The lowest BCUT2D eigenvalue weighted by Gasteiger charge is -2.61. The first-order chi connectivity index (χ1) is 19.7. The van der Waals surface area contributed by atoms with E-state index in [1.165, 1.54) is 63.3 Å². The molecule has 220 valence electrons. The Bertz CT molecular complexity index is 1260. The van der Waals surface area contributed by atoms with Gasteiger partial charge in [0.15, 0.2) is 0 Å². The number of anilines is 2. The van der Waals surface area contributed by atoms with Gasteiger partial charge in [0.25, 0.3) is 0 Å². The summed E-state index contributed by atoms with van der Waals surface area (Å²) in [7, 11) is 0. The summed E-state index contributed by atoms with van der Waals surface area (Å²) in [6, 6.07) is 9.65. The quantitative estimate of drug-likeness (QED) is 0.320. The summed E-state index contributed by atoms with van der Waals surface area (Å²) < 4.78 is 42.5. The lowest BCUT2D eigenvalue weighted by atomic mass is 9.47. The maximum absolute atomic E-state index is 12.8. The molecule has 0 saturated heterocycles. The Hall–Kier alpha value is -3.10. The van der Waals surface area contributed by atoms with Gasteiger partial charge >= 0.3 is 6.36 Å². The summed E-state index contributed by atoms with van der Waals surface area (Å²) in [6.07, 6.45) is 7.38. The topological polar surface area (TPSA) is 121 Å². The summed E-state index contributed by atoms with van der Waals surface area (Å²) in [6.45, 7) is 0.781. The van der Waals surface area contributed by atoms with Crippen LogP contribution in [0, 0.1) is 34.5 Å². The summed E-state index contributed by atoms with van der Waals surface area (Å²) in [5.74, 6) is 2.51. The number of nitrogens with zero attached hydrogens (tertiary/aromatic N) is 3. The summed E-state index contributed by atoms with van der Waals surface area (Å²) >= 11 is 0. The first kappa shape index (κ1) is 28.0. The number of nitrogens with two attached hydrogens (primary N) is 1. The highest BCUT2D eigenvalue weighted by Crippen LogP contribution is 2.60. The van der Waals surface area contributed by atoms with Gasteiger partial charge in [0, 0.05) is 36.8 Å². The molecule has 0 spiro atoms. The van der Waals surface area contributed by atoms with Gasteiger partial charge in [-0.1, -0.05) is 18.2 Å². The number of aromatic nitrogens is 2. The molecule has 41 heavy (non-hydrogen) atoms. The second-order valence-corrected chi connectivity index (χ2v) is 12.7. The molecular formula is C30H38F3N7O. The zero-order valence-electron chi connectivity index (χ0n) is 23.1. The van der Waals surface area contributed by atoms with Crippen LogP contribution < -0.4 is 26.4 Å². The smallest absolute Gasteiger partial charge is 0.405 e. The fraction of sp³-hybridized carbons (Fsp3) is 0.633. The number of ether oxygens (including phenoxy) is 1. The third kappa shape index (κ3) is 6.38. The van der Waals surface area contributed by atoms with Crippen molar-refractivity contribution in [1.82, 2.24) is 15.3 Å². The monoisotopic (exact) mass is 569 g/mol. The summed E-state index contributed by atoms with van der Waals surface area (Å²) in [5.41, 5.74) is 6.98. The zero-order valence-corrected chi connectivity index (χ0v) is 23.1. The number of hydrogen-bond donors (Lipinski definition) is 4. The van der Waals surface area contributed by atoms with E-state index in [-0.39, 0.29) is 23.7 Å². The molecule has 0 amide bonds. The molecular weight excluding hydrogens is 531 g/mol. The number of nitriles is 1. The van der Waals surface area contributed by atoms with Crippen molar-refractivity contribution < 1.29 is 17.9 Å². The molecule has 4 bridgehead atoms. The van der Waals surface area contributed by atoms with E-state index in [9.17, 15) is 18.4 Å². The van der Waals surface area contributed by atoms with E-state index in [0.717, 1.165) is 25.3 Å². The van der Waals surface area contributed by atoms with E-state index in [2.05, 4.69) is 36.7 Å². The van der Waals surface area contributed by atoms with E-state index in [0.29, 0.717) is 46.9 Å².